The van der Waals surface area contributed by atoms with E-state index in [1.165, 1.54) is 18.2 Å². The van der Waals surface area contributed by atoms with Gasteiger partial charge in [0.05, 0.1) is 0 Å². The van der Waals surface area contributed by atoms with Crippen LogP contribution in [0.5, 0.6) is 0 Å². The number of aliphatic carboxylic acids is 1. The molecule has 126 valence electrons. The summed E-state index contributed by atoms with van der Waals surface area (Å²) >= 11 is 6.07. The Morgan fingerprint density at radius 2 is 2.00 bits per heavy atom. The summed E-state index contributed by atoms with van der Waals surface area (Å²) in [5, 5.41) is 10.9. The van der Waals surface area contributed by atoms with Crippen LogP contribution in [0.25, 0.3) is 0 Å². The number of nitrogens with one attached hydrogen (secondary N) is 1. The zero-order valence-electron chi connectivity index (χ0n) is 13.2. The van der Waals surface area contributed by atoms with E-state index in [1.54, 1.807) is 6.07 Å². The second-order valence-electron chi connectivity index (χ2n) is 6.46. The quantitative estimate of drug-likeness (QED) is 0.824. The lowest BCUT2D eigenvalue weighted by atomic mass is 9.71. The summed E-state index contributed by atoms with van der Waals surface area (Å²) in [6.45, 7) is 4.05. The molecule has 4 atom stereocenters. The van der Waals surface area contributed by atoms with Crippen LogP contribution in [-0.4, -0.2) is 22.5 Å². The average molecular weight is 342 g/mol. The number of hydrogen-bond acceptors (Lipinski definition) is 2. The van der Waals surface area contributed by atoms with E-state index in [0.717, 1.165) is 0 Å². The van der Waals surface area contributed by atoms with Crippen molar-refractivity contribution in [2.24, 2.45) is 11.8 Å². The van der Waals surface area contributed by atoms with Crippen LogP contribution in [0.1, 0.15) is 44.1 Å². The fraction of sp³-hybridized carbons (Fsp3) is 0.529. The van der Waals surface area contributed by atoms with Gasteiger partial charge in [-0.25, -0.2) is 9.18 Å². The summed E-state index contributed by atoms with van der Waals surface area (Å²) in [4.78, 5) is 24.1. The van der Waals surface area contributed by atoms with Crippen LogP contribution in [0.4, 0.5) is 4.39 Å². The van der Waals surface area contributed by atoms with E-state index in [1.807, 2.05) is 6.92 Å². The topological polar surface area (TPSA) is 66.4 Å². The van der Waals surface area contributed by atoms with Gasteiger partial charge in [-0.2, -0.15) is 0 Å². The van der Waals surface area contributed by atoms with E-state index in [4.69, 9.17) is 11.6 Å². The number of amides is 1. The molecule has 0 saturated heterocycles. The molecule has 2 rings (SSSR count). The van der Waals surface area contributed by atoms with Crippen molar-refractivity contribution >= 4 is 23.5 Å². The van der Waals surface area contributed by atoms with Crippen LogP contribution < -0.4 is 5.32 Å². The monoisotopic (exact) mass is 341 g/mol. The second-order valence-corrected chi connectivity index (χ2v) is 6.89. The van der Waals surface area contributed by atoms with E-state index in [0.29, 0.717) is 25.2 Å². The lowest BCUT2D eigenvalue weighted by molar-refractivity contribution is -0.150. The summed E-state index contributed by atoms with van der Waals surface area (Å²) in [5.41, 5.74) is -1.29. The molecule has 1 aliphatic rings. The van der Waals surface area contributed by atoms with E-state index in [9.17, 15) is 19.1 Å². The molecule has 23 heavy (non-hydrogen) atoms. The lowest BCUT2D eigenvalue weighted by Gasteiger charge is -2.40. The Labute approximate surface area is 140 Å². The Morgan fingerprint density at radius 1 is 1.35 bits per heavy atom. The number of carbonyl (C=O) groups excluding carboxylic acids is 1. The minimum Gasteiger partial charge on any atom is -0.480 e. The van der Waals surface area contributed by atoms with Gasteiger partial charge in [0.25, 0.3) is 0 Å². The summed E-state index contributed by atoms with van der Waals surface area (Å²) in [6, 6.07) is 5.72. The molecule has 0 radical (unpaired) electrons. The summed E-state index contributed by atoms with van der Waals surface area (Å²) in [7, 11) is 0. The fourth-order valence-electron chi connectivity index (χ4n) is 3.09. The van der Waals surface area contributed by atoms with Gasteiger partial charge in [-0.05, 0) is 37.2 Å². The predicted molar refractivity (Wildman–Crippen MR) is 85.7 cm³/mol. The van der Waals surface area contributed by atoms with Gasteiger partial charge in [0.2, 0.25) is 5.91 Å². The van der Waals surface area contributed by atoms with Crippen molar-refractivity contribution in [3.05, 3.63) is 35.6 Å². The third-order valence-electron chi connectivity index (χ3n) is 4.85. The smallest absolute Gasteiger partial charge is 0.329 e. The summed E-state index contributed by atoms with van der Waals surface area (Å²) < 4.78 is 13.8. The Hall–Kier alpha value is -1.62. The third kappa shape index (κ3) is 3.66. The van der Waals surface area contributed by atoms with Crippen molar-refractivity contribution in [3.63, 3.8) is 0 Å². The van der Waals surface area contributed by atoms with Crippen LogP contribution >= 0.6 is 11.6 Å². The number of carboxylic acid groups (broad SMARTS) is 1. The molecule has 1 aliphatic carbocycles. The van der Waals surface area contributed by atoms with Crippen molar-refractivity contribution in [2.45, 2.75) is 44.0 Å². The first-order valence-corrected chi connectivity index (χ1v) is 8.14. The highest BCUT2D eigenvalue weighted by Crippen LogP contribution is 2.37. The van der Waals surface area contributed by atoms with Crippen molar-refractivity contribution in [3.8, 4) is 0 Å². The maximum atomic E-state index is 13.8. The first kappa shape index (κ1) is 17.7. The first-order chi connectivity index (χ1) is 10.8. The van der Waals surface area contributed by atoms with E-state index in [2.05, 4.69) is 12.2 Å². The highest BCUT2D eigenvalue weighted by Gasteiger charge is 2.46. The number of benzene rings is 1. The van der Waals surface area contributed by atoms with Crippen LogP contribution in [-0.2, 0) is 9.59 Å². The maximum absolute atomic E-state index is 13.8. The summed E-state index contributed by atoms with van der Waals surface area (Å²) in [6.07, 6.45) is 1.40. The zero-order valence-corrected chi connectivity index (χ0v) is 13.9. The Morgan fingerprint density at radius 3 is 2.57 bits per heavy atom. The van der Waals surface area contributed by atoms with Crippen molar-refractivity contribution in [1.82, 2.24) is 5.32 Å². The van der Waals surface area contributed by atoms with Gasteiger partial charge in [0.15, 0.2) is 0 Å². The van der Waals surface area contributed by atoms with E-state index in [-0.39, 0.29) is 11.5 Å². The standard InChI is InChI=1S/C17H21ClFNO3/c1-10-7-8-17(16(22)23,9-11(10)2)20-15(21)14(18)12-5-3-4-6-13(12)19/h3-6,10-11,14H,7-9H2,1-2H3,(H,20,21)(H,22,23). The van der Waals surface area contributed by atoms with Crippen LogP contribution in [0, 0.1) is 17.7 Å². The number of hydrogen-bond donors (Lipinski definition) is 2. The molecule has 1 fully saturated rings. The molecule has 1 aromatic carbocycles. The van der Waals surface area contributed by atoms with Crippen LogP contribution in [0.2, 0.25) is 0 Å². The third-order valence-corrected chi connectivity index (χ3v) is 5.28. The van der Waals surface area contributed by atoms with Crippen molar-refractivity contribution in [1.29, 1.82) is 0 Å². The molecule has 4 nitrogen and oxygen atoms in total. The van der Waals surface area contributed by atoms with Crippen molar-refractivity contribution in [2.75, 3.05) is 0 Å². The van der Waals surface area contributed by atoms with Crippen LogP contribution in [0.15, 0.2) is 24.3 Å². The Kier molecular flexibility index (Phi) is 5.30. The molecule has 0 aliphatic heterocycles. The fourth-order valence-corrected chi connectivity index (χ4v) is 3.33. The molecule has 0 bridgehead atoms. The summed E-state index contributed by atoms with van der Waals surface area (Å²) in [5.74, 6) is -1.76. The molecule has 1 saturated carbocycles. The molecule has 1 amide bonds. The van der Waals surface area contributed by atoms with Gasteiger partial charge in [0.1, 0.15) is 16.7 Å². The second kappa shape index (κ2) is 6.87. The molecule has 2 N–H and O–H groups in total. The number of rotatable bonds is 4. The molecular formula is C17H21ClFNO3. The zero-order chi connectivity index (χ0) is 17.2. The van der Waals surface area contributed by atoms with Gasteiger partial charge in [0, 0.05) is 5.56 Å². The molecule has 0 heterocycles. The Balaban J connectivity index is 2.19. The van der Waals surface area contributed by atoms with Gasteiger partial charge in [-0.3, -0.25) is 4.79 Å². The van der Waals surface area contributed by atoms with Gasteiger partial charge < -0.3 is 10.4 Å². The van der Waals surface area contributed by atoms with Crippen LogP contribution in [0.3, 0.4) is 0 Å². The molecule has 4 unspecified atom stereocenters. The van der Waals surface area contributed by atoms with Gasteiger partial charge >= 0.3 is 5.97 Å². The highest BCUT2D eigenvalue weighted by molar-refractivity contribution is 6.31. The molecule has 1 aromatic rings. The number of alkyl halides is 1. The molecular weight excluding hydrogens is 321 g/mol. The first-order valence-electron chi connectivity index (χ1n) is 7.71. The van der Waals surface area contributed by atoms with Crippen molar-refractivity contribution < 1.29 is 19.1 Å². The predicted octanol–water partition coefficient (Wildman–Crippen LogP) is 3.50. The maximum Gasteiger partial charge on any atom is 0.329 e. The number of carboxylic acids is 1. The largest absolute Gasteiger partial charge is 0.480 e. The lowest BCUT2D eigenvalue weighted by Crippen LogP contribution is -2.58. The average Bonchev–Trinajstić information content (AvgIpc) is 2.50. The molecule has 0 spiro atoms. The van der Waals surface area contributed by atoms with E-state index < -0.39 is 28.6 Å². The highest BCUT2D eigenvalue weighted by atomic mass is 35.5. The minimum atomic E-state index is -1.33. The number of carbonyl (C=O) groups is 2. The Bertz CT molecular complexity index is 609. The van der Waals surface area contributed by atoms with Gasteiger partial charge in [-0.15, -0.1) is 11.6 Å². The number of halogens is 2. The van der Waals surface area contributed by atoms with E-state index >= 15 is 0 Å². The SMILES string of the molecule is CC1CCC(NC(=O)C(Cl)c2ccccc2F)(C(=O)O)CC1C. The minimum absolute atomic E-state index is 0.0458. The van der Waals surface area contributed by atoms with Gasteiger partial charge in [-0.1, -0.05) is 32.0 Å². The molecule has 6 heteroatoms. The normalized spacial score (nSPS) is 28.9. The molecule has 0 aromatic heterocycles.